The molecule has 100 valence electrons. The molecule has 0 saturated carbocycles. The monoisotopic (exact) mass is 322 g/mol. The van der Waals surface area contributed by atoms with Gasteiger partial charge in [0, 0.05) is 30.3 Å². The van der Waals surface area contributed by atoms with Gasteiger partial charge in [-0.15, -0.1) is 0 Å². The molecule has 4 heteroatoms. The van der Waals surface area contributed by atoms with E-state index in [2.05, 4.69) is 20.8 Å². The molecule has 0 aromatic heterocycles. The summed E-state index contributed by atoms with van der Waals surface area (Å²) in [7, 11) is 1.98. The van der Waals surface area contributed by atoms with Crippen molar-refractivity contribution in [3.05, 3.63) is 63.9 Å². The van der Waals surface area contributed by atoms with Crippen LogP contribution in [0.15, 0.2) is 46.9 Å². The van der Waals surface area contributed by atoms with Crippen LogP contribution in [-0.2, 0) is 13.1 Å². The molecule has 2 aromatic carbocycles. The van der Waals surface area contributed by atoms with Gasteiger partial charge in [-0.05, 0) is 35.4 Å². The normalized spacial score (nSPS) is 10.5. The molecule has 0 radical (unpaired) electrons. The summed E-state index contributed by atoms with van der Waals surface area (Å²) in [4.78, 5) is 2.07. The number of rotatable bonds is 4. The van der Waals surface area contributed by atoms with E-state index in [0.29, 0.717) is 13.1 Å². The Balaban J connectivity index is 2.15. The molecule has 19 heavy (non-hydrogen) atoms. The molecule has 0 aliphatic heterocycles. The van der Waals surface area contributed by atoms with Crippen LogP contribution >= 0.6 is 15.9 Å². The summed E-state index contributed by atoms with van der Waals surface area (Å²) in [5, 5.41) is 0. The van der Waals surface area contributed by atoms with Gasteiger partial charge in [-0.3, -0.25) is 0 Å². The summed E-state index contributed by atoms with van der Waals surface area (Å²) in [6.45, 7) is 1.17. The molecule has 0 aliphatic rings. The summed E-state index contributed by atoms with van der Waals surface area (Å²) in [5.41, 5.74) is 8.71. The molecule has 2 N–H and O–H groups in total. The zero-order valence-electron chi connectivity index (χ0n) is 10.7. The SMILES string of the molecule is CN(Cc1cccc(F)c1)c1ccc(CN)c(Br)c1. The Morgan fingerprint density at radius 2 is 2.00 bits per heavy atom. The Labute approximate surface area is 121 Å². The van der Waals surface area contributed by atoms with Crippen LogP contribution in [0.25, 0.3) is 0 Å². The molecule has 0 unspecified atom stereocenters. The van der Waals surface area contributed by atoms with E-state index in [1.54, 1.807) is 12.1 Å². The van der Waals surface area contributed by atoms with E-state index < -0.39 is 0 Å². The fourth-order valence-electron chi connectivity index (χ4n) is 1.94. The van der Waals surface area contributed by atoms with Gasteiger partial charge >= 0.3 is 0 Å². The van der Waals surface area contributed by atoms with Gasteiger partial charge in [-0.2, -0.15) is 0 Å². The number of nitrogens with two attached hydrogens (primary N) is 1. The standard InChI is InChI=1S/C15H16BrFN2/c1-19(10-11-3-2-4-13(17)7-11)14-6-5-12(9-18)15(16)8-14/h2-8H,9-10,18H2,1H3. The second-order valence-electron chi connectivity index (χ2n) is 4.47. The fraction of sp³-hybridized carbons (Fsp3) is 0.200. The van der Waals surface area contributed by atoms with E-state index in [1.165, 1.54) is 6.07 Å². The van der Waals surface area contributed by atoms with Gasteiger partial charge in [0.1, 0.15) is 5.82 Å². The highest BCUT2D eigenvalue weighted by molar-refractivity contribution is 9.10. The van der Waals surface area contributed by atoms with Gasteiger partial charge in [0.2, 0.25) is 0 Å². The minimum absolute atomic E-state index is 0.203. The van der Waals surface area contributed by atoms with Crippen molar-refractivity contribution >= 4 is 21.6 Å². The predicted octanol–water partition coefficient (Wildman–Crippen LogP) is 3.68. The van der Waals surface area contributed by atoms with E-state index in [9.17, 15) is 4.39 Å². The number of anilines is 1. The van der Waals surface area contributed by atoms with Gasteiger partial charge in [-0.25, -0.2) is 4.39 Å². The van der Waals surface area contributed by atoms with Crippen LogP contribution in [-0.4, -0.2) is 7.05 Å². The first-order chi connectivity index (χ1) is 9.10. The third-order valence-electron chi connectivity index (χ3n) is 3.01. The highest BCUT2D eigenvalue weighted by atomic mass is 79.9. The maximum Gasteiger partial charge on any atom is 0.123 e. The summed E-state index contributed by atoms with van der Waals surface area (Å²) in [6, 6.07) is 12.7. The van der Waals surface area contributed by atoms with Gasteiger partial charge in [0.25, 0.3) is 0 Å². The zero-order chi connectivity index (χ0) is 13.8. The van der Waals surface area contributed by atoms with Crippen molar-refractivity contribution in [2.75, 3.05) is 11.9 Å². The lowest BCUT2D eigenvalue weighted by molar-refractivity contribution is 0.625. The van der Waals surface area contributed by atoms with Gasteiger partial charge in [0.05, 0.1) is 0 Å². The topological polar surface area (TPSA) is 29.3 Å². The summed E-state index contributed by atoms with van der Waals surface area (Å²) in [5.74, 6) is -0.203. The molecule has 0 bridgehead atoms. The molecule has 0 amide bonds. The molecule has 2 rings (SSSR count). The first kappa shape index (κ1) is 14.0. The Morgan fingerprint density at radius 1 is 1.21 bits per heavy atom. The predicted molar refractivity (Wildman–Crippen MR) is 80.5 cm³/mol. The van der Waals surface area contributed by atoms with Crippen LogP contribution in [0.2, 0.25) is 0 Å². The van der Waals surface area contributed by atoms with E-state index in [0.717, 1.165) is 21.3 Å². The van der Waals surface area contributed by atoms with E-state index in [-0.39, 0.29) is 5.82 Å². The summed E-state index contributed by atoms with van der Waals surface area (Å²) in [6.07, 6.45) is 0. The van der Waals surface area contributed by atoms with Gasteiger partial charge < -0.3 is 10.6 Å². The maximum atomic E-state index is 13.1. The quantitative estimate of drug-likeness (QED) is 0.930. The highest BCUT2D eigenvalue weighted by Gasteiger charge is 2.05. The summed E-state index contributed by atoms with van der Waals surface area (Å²) < 4.78 is 14.1. The third-order valence-corrected chi connectivity index (χ3v) is 3.74. The van der Waals surface area contributed by atoms with Crippen molar-refractivity contribution in [1.82, 2.24) is 0 Å². The Kier molecular flexibility index (Phi) is 4.56. The van der Waals surface area contributed by atoms with Crippen molar-refractivity contribution in [2.45, 2.75) is 13.1 Å². The minimum atomic E-state index is -0.203. The van der Waals surface area contributed by atoms with Crippen molar-refractivity contribution in [3.8, 4) is 0 Å². The first-order valence-electron chi connectivity index (χ1n) is 6.04. The van der Waals surface area contributed by atoms with Crippen LogP contribution in [0.1, 0.15) is 11.1 Å². The number of hydrogen-bond donors (Lipinski definition) is 1. The fourth-order valence-corrected chi connectivity index (χ4v) is 2.47. The maximum absolute atomic E-state index is 13.1. The van der Waals surface area contributed by atoms with E-state index >= 15 is 0 Å². The molecule has 2 aromatic rings. The second kappa shape index (κ2) is 6.17. The number of benzene rings is 2. The van der Waals surface area contributed by atoms with Crippen LogP contribution in [0, 0.1) is 5.82 Å². The van der Waals surface area contributed by atoms with Crippen molar-refractivity contribution in [3.63, 3.8) is 0 Å². The summed E-state index contributed by atoms with van der Waals surface area (Å²) >= 11 is 3.51. The van der Waals surface area contributed by atoms with Gasteiger partial charge in [-0.1, -0.05) is 34.1 Å². The molecule has 0 heterocycles. The molecule has 2 nitrogen and oxygen atoms in total. The van der Waals surface area contributed by atoms with E-state index in [1.807, 2.05) is 31.3 Å². The number of halogens is 2. The average Bonchev–Trinajstić information content (AvgIpc) is 2.38. The largest absolute Gasteiger partial charge is 0.370 e. The minimum Gasteiger partial charge on any atom is -0.370 e. The van der Waals surface area contributed by atoms with Crippen molar-refractivity contribution < 1.29 is 4.39 Å². The molecule has 0 atom stereocenters. The van der Waals surface area contributed by atoms with Crippen LogP contribution in [0.3, 0.4) is 0 Å². The molecule has 0 aliphatic carbocycles. The molecular weight excluding hydrogens is 307 g/mol. The highest BCUT2D eigenvalue weighted by Crippen LogP contribution is 2.24. The molecule has 0 saturated heterocycles. The number of nitrogens with zero attached hydrogens (tertiary/aromatic N) is 1. The molecular formula is C15H16BrFN2. The lowest BCUT2D eigenvalue weighted by Crippen LogP contribution is -2.16. The Morgan fingerprint density at radius 3 is 2.63 bits per heavy atom. The van der Waals surface area contributed by atoms with Crippen molar-refractivity contribution in [2.24, 2.45) is 5.73 Å². The van der Waals surface area contributed by atoms with E-state index in [4.69, 9.17) is 5.73 Å². The average molecular weight is 323 g/mol. The lowest BCUT2D eigenvalue weighted by atomic mass is 10.1. The lowest BCUT2D eigenvalue weighted by Gasteiger charge is -2.20. The van der Waals surface area contributed by atoms with Crippen LogP contribution in [0.5, 0.6) is 0 Å². The zero-order valence-corrected chi connectivity index (χ0v) is 12.3. The second-order valence-corrected chi connectivity index (χ2v) is 5.32. The third kappa shape index (κ3) is 3.55. The Hall–Kier alpha value is -1.39. The van der Waals surface area contributed by atoms with Crippen molar-refractivity contribution in [1.29, 1.82) is 0 Å². The molecule has 0 fully saturated rings. The first-order valence-corrected chi connectivity index (χ1v) is 6.83. The smallest absolute Gasteiger partial charge is 0.123 e. The van der Waals surface area contributed by atoms with Gasteiger partial charge in [0.15, 0.2) is 0 Å². The number of hydrogen-bond acceptors (Lipinski definition) is 2. The molecule has 0 spiro atoms. The van der Waals surface area contributed by atoms with Crippen LogP contribution in [0.4, 0.5) is 10.1 Å². The van der Waals surface area contributed by atoms with Crippen LogP contribution < -0.4 is 10.6 Å². The Bertz CT molecular complexity index is 572.